The molecule has 26 heavy (non-hydrogen) atoms. The molecule has 1 heterocycles. The van der Waals surface area contributed by atoms with Crippen LogP contribution >= 0.6 is 0 Å². The number of nitrogens with zero attached hydrogens (tertiary/aromatic N) is 2. The largest absolute Gasteiger partial charge is 0.497 e. The first kappa shape index (κ1) is 18.7. The van der Waals surface area contributed by atoms with Gasteiger partial charge in [-0.15, -0.1) is 0 Å². The molecule has 1 aliphatic rings. The van der Waals surface area contributed by atoms with E-state index in [2.05, 4.69) is 47.1 Å². The van der Waals surface area contributed by atoms with E-state index < -0.39 is 0 Å². The van der Waals surface area contributed by atoms with E-state index in [1.807, 2.05) is 12.1 Å². The molecular weight excluding hydrogens is 324 g/mol. The van der Waals surface area contributed by atoms with Gasteiger partial charge in [0.2, 0.25) is 0 Å². The van der Waals surface area contributed by atoms with Gasteiger partial charge in [-0.05, 0) is 35.7 Å². The normalized spacial score (nSPS) is 15.8. The fourth-order valence-corrected chi connectivity index (χ4v) is 3.49. The van der Waals surface area contributed by atoms with Gasteiger partial charge in [0.1, 0.15) is 11.5 Å². The Kier molecular flexibility index (Phi) is 6.53. The van der Waals surface area contributed by atoms with Gasteiger partial charge in [0, 0.05) is 44.8 Å². The molecule has 3 rings (SSSR count). The predicted molar refractivity (Wildman–Crippen MR) is 106 cm³/mol. The zero-order chi connectivity index (χ0) is 18.4. The Morgan fingerprint density at radius 3 is 1.96 bits per heavy atom. The maximum absolute atomic E-state index is 5.51. The number of rotatable bonds is 7. The first-order valence-electron chi connectivity index (χ1n) is 9.45. The van der Waals surface area contributed by atoms with Crippen molar-refractivity contribution >= 4 is 0 Å². The molecule has 2 aromatic carbocycles. The first-order chi connectivity index (χ1) is 12.7. The number of benzene rings is 2. The Labute approximate surface area is 157 Å². The Hall–Kier alpha value is -2.04. The Balaban J connectivity index is 1.53. The molecule has 0 spiro atoms. The molecule has 140 valence electrons. The standard InChI is InChI=1S/C22H30N2O2/c1-4-18-5-7-19(8-6-18)16-23-11-13-24(14-12-23)17-20-15-21(25-2)9-10-22(20)26-3/h5-10,15H,4,11-14,16-17H2,1-3H3. The lowest BCUT2D eigenvalue weighted by molar-refractivity contribution is 0.121. The van der Waals surface area contributed by atoms with Crippen molar-refractivity contribution < 1.29 is 9.47 Å². The van der Waals surface area contributed by atoms with Crippen molar-refractivity contribution in [1.29, 1.82) is 0 Å². The van der Waals surface area contributed by atoms with E-state index >= 15 is 0 Å². The number of ether oxygens (including phenoxy) is 2. The molecule has 0 aromatic heterocycles. The van der Waals surface area contributed by atoms with Crippen LogP contribution in [0.3, 0.4) is 0 Å². The van der Waals surface area contributed by atoms with Crippen molar-refractivity contribution in [2.75, 3.05) is 40.4 Å². The molecule has 0 atom stereocenters. The zero-order valence-electron chi connectivity index (χ0n) is 16.2. The number of piperazine rings is 1. The highest BCUT2D eigenvalue weighted by Crippen LogP contribution is 2.25. The number of methoxy groups -OCH3 is 2. The molecule has 0 amide bonds. The number of hydrogen-bond acceptors (Lipinski definition) is 4. The van der Waals surface area contributed by atoms with Crippen molar-refractivity contribution in [3.8, 4) is 11.5 Å². The monoisotopic (exact) mass is 354 g/mol. The van der Waals surface area contributed by atoms with E-state index in [0.29, 0.717) is 0 Å². The molecule has 4 heteroatoms. The lowest BCUT2D eigenvalue weighted by atomic mass is 10.1. The van der Waals surface area contributed by atoms with E-state index in [0.717, 1.165) is 57.2 Å². The summed E-state index contributed by atoms with van der Waals surface area (Å²) in [6.45, 7) is 8.50. The van der Waals surface area contributed by atoms with Crippen LogP contribution in [-0.2, 0) is 19.5 Å². The van der Waals surface area contributed by atoms with Gasteiger partial charge in [0.15, 0.2) is 0 Å². The van der Waals surface area contributed by atoms with E-state index in [1.165, 1.54) is 16.7 Å². The third-order valence-electron chi connectivity index (χ3n) is 5.18. The third kappa shape index (κ3) is 4.77. The Bertz CT molecular complexity index is 692. The molecule has 0 saturated carbocycles. The Morgan fingerprint density at radius 2 is 1.38 bits per heavy atom. The van der Waals surface area contributed by atoms with Crippen LogP contribution in [0.2, 0.25) is 0 Å². The first-order valence-corrected chi connectivity index (χ1v) is 9.45. The molecule has 1 aliphatic heterocycles. The number of aryl methyl sites for hydroxylation is 1. The van der Waals surface area contributed by atoms with Crippen LogP contribution in [0.25, 0.3) is 0 Å². The summed E-state index contributed by atoms with van der Waals surface area (Å²) in [6, 6.07) is 15.1. The van der Waals surface area contributed by atoms with Crippen LogP contribution in [-0.4, -0.2) is 50.2 Å². The van der Waals surface area contributed by atoms with Crippen molar-refractivity contribution in [3.63, 3.8) is 0 Å². The van der Waals surface area contributed by atoms with Crippen LogP contribution in [0.1, 0.15) is 23.6 Å². The van der Waals surface area contributed by atoms with Gasteiger partial charge in [-0.3, -0.25) is 9.80 Å². The maximum Gasteiger partial charge on any atom is 0.123 e. The van der Waals surface area contributed by atoms with E-state index in [-0.39, 0.29) is 0 Å². The second-order valence-corrected chi connectivity index (χ2v) is 6.90. The summed E-state index contributed by atoms with van der Waals surface area (Å²) in [5.74, 6) is 1.82. The molecule has 0 radical (unpaired) electrons. The zero-order valence-corrected chi connectivity index (χ0v) is 16.2. The minimum atomic E-state index is 0.884. The summed E-state index contributed by atoms with van der Waals surface area (Å²) in [5, 5.41) is 0. The van der Waals surface area contributed by atoms with E-state index in [1.54, 1.807) is 14.2 Å². The lowest BCUT2D eigenvalue weighted by Gasteiger charge is -2.35. The van der Waals surface area contributed by atoms with Gasteiger partial charge < -0.3 is 9.47 Å². The molecule has 4 nitrogen and oxygen atoms in total. The highest BCUT2D eigenvalue weighted by molar-refractivity contribution is 5.40. The molecule has 1 saturated heterocycles. The second-order valence-electron chi connectivity index (χ2n) is 6.90. The molecule has 0 bridgehead atoms. The Morgan fingerprint density at radius 1 is 0.769 bits per heavy atom. The average Bonchev–Trinajstić information content (AvgIpc) is 2.70. The lowest BCUT2D eigenvalue weighted by Crippen LogP contribution is -2.45. The van der Waals surface area contributed by atoms with Crippen LogP contribution in [0.15, 0.2) is 42.5 Å². The minimum Gasteiger partial charge on any atom is -0.497 e. The topological polar surface area (TPSA) is 24.9 Å². The SMILES string of the molecule is CCc1ccc(CN2CCN(Cc3cc(OC)ccc3OC)CC2)cc1. The predicted octanol–water partition coefficient (Wildman–Crippen LogP) is 3.58. The van der Waals surface area contributed by atoms with Crippen molar-refractivity contribution in [2.24, 2.45) is 0 Å². The van der Waals surface area contributed by atoms with Gasteiger partial charge in [-0.25, -0.2) is 0 Å². The minimum absolute atomic E-state index is 0.884. The van der Waals surface area contributed by atoms with Crippen molar-refractivity contribution in [2.45, 2.75) is 26.4 Å². The van der Waals surface area contributed by atoms with Crippen LogP contribution in [0, 0.1) is 0 Å². The summed E-state index contributed by atoms with van der Waals surface area (Å²) in [4.78, 5) is 5.04. The van der Waals surface area contributed by atoms with Crippen LogP contribution < -0.4 is 9.47 Å². The van der Waals surface area contributed by atoms with Gasteiger partial charge in [0.25, 0.3) is 0 Å². The molecular formula is C22H30N2O2. The van der Waals surface area contributed by atoms with Gasteiger partial charge >= 0.3 is 0 Å². The summed E-state index contributed by atoms with van der Waals surface area (Å²) in [5.41, 5.74) is 4.01. The molecule has 0 aliphatic carbocycles. The summed E-state index contributed by atoms with van der Waals surface area (Å²) < 4.78 is 10.9. The maximum atomic E-state index is 5.51. The molecule has 0 N–H and O–H groups in total. The summed E-state index contributed by atoms with van der Waals surface area (Å²) in [6.07, 6.45) is 1.10. The average molecular weight is 354 g/mol. The smallest absolute Gasteiger partial charge is 0.123 e. The van der Waals surface area contributed by atoms with Crippen LogP contribution in [0.4, 0.5) is 0 Å². The molecule has 2 aromatic rings. The van der Waals surface area contributed by atoms with E-state index in [9.17, 15) is 0 Å². The summed E-state index contributed by atoms with van der Waals surface area (Å²) >= 11 is 0. The molecule has 0 unspecified atom stereocenters. The highest BCUT2D eigenvalue weighted by Gasteiger charge is 2.18. The van der Waals surface area contributed by atoms with Crippen molar-refractivity contribution in [1.82, 2.24) is 9.80 Å². The van der Waals surface area contributed by atoms with Gasteiger partial charge in [-0.1, -0.05) is 31.2 Å². The number of hydrogen-bond donors (Lipinski definition) is 0. The van der Waals surface area contributed by atoms with Crippen LogP contribution in [0.5, 0.6) is 11.5 Å². The highest BCUT2D eigenvalue weighted by atomic mass is 16.5. The third-order valence-corrected chi connectivity index (χ3v) is 5.18. The molecule has 1 fully saturated rings. The van der Waals surface area contributed by atoms with E-state index in [4.69, 9.17) is 9.47 Å². The quantitative estimate of drug-likeness (QED) is 0.759. The summed E-state index contributed by atoms with van der Waals surface area (Å²) in [7, 11) is 3.43. The van der Waals surface area contributed by atoms with Crippen molar-refractivity contribution in [3.05, 3.63) is 59.2 Å². The fourth-order valence-electron chi connectivity index (χ4n) is 3.49. The fraction of sp³-hybridized carbons (Fsp3) is 0.455. The van der Waals surface area contributed by atoms with Gasteiger partial charge in [-0.2, -0.15) is 0 Å². The van der Waals surface area contributed by atoms with Gasteiger partial charge in [0.05, 0.1) is 14.2 Å². The second kappa shape index (κ2) is 9.06.